The number of aliphatic hydroxyl groups is 1. The summed E-state index contributed by atoms with van der Waals surface area (Å²) in [5.41, 5.74) is 0.808. The van der Waals surface area contributed by atoms with Crippen LogP contribution in [0.15, 0.2) is 6.20 Å². The Kier molecular flexibility index (Phi) is 2.23. The maximum atomic E-state index is 8.99. The van der Waals surface area contributed by atoms with Gasteiger partial charge in [0.25, 0.3) is 0 Å². The number of aliphatic hydroxyl groups excluding tert-OH is 1. The van der Waals surface area contributed by atoms with Crippen LogP contribution in [-0.4, -0.2) is 57.6 Å². The molecule has 0 aliphatic carbocycles. The highest BCUT2D eigenvalue weighted by atomic mass is 16.3. The van der Waals surface area contributed by atoms with Crippen LogP contribution in [-0.2, 0) is 6.61 Å². The lowest BCUT2D eigenvalue weighted by Crippen LogP contribution is -2.57. The van der Waals surface area contributed by atoms with Crippen molar-refractivity contribution in [3.63, 3.8) is 0 Å². The summed E-state index contributed by atoms with van der Waals surface area (Å²) in [4.78, 5) is 12.5. The van der Waals surface area contributed by atoms with E-state index in [1.165, 1.54) is 13.1 Å². The molecule has 2 N–H and O–H groups in total. The third-order valence-electron chi connectivity index (χ3n) is 3.41. The van der Waals surface area contributed by atoms with Crippen LogP contribution in [0.3, 0.4) is 0 Å². The molecule has 4 rings (SSSR count). The predicted octanol–water partition coefficient (Wildman–Crippen LogP) is -0.426. The molecule has 0 spiro atoms. The minimum Gasteiger partial charge on any atom is -0.390 e. The Morgan fingerprint density at radius 3 is 2.73 bits per heavy atom. The smallest absolute Gasteiger partial charge is 0.125 e. The predicted molar refractivity (Wildman–Crippen MR) is 55.3 cm³/mol. The normalized spacial score (nSPS) is 34.6. The Morgan fingerprint density at radius 2 is 2.20 bits per heavy atom. The van der Waals surface area contributed by atoms with E-state index in [-0.39, 0.29) is 6.61 Å². The van der Waals surface area contributed by atoms with Gasteiger partial charge in [0.2, 0.25) is 0 Å². The van der Waals surface area contributed by atoms with E-state index in [0.29, 0.717) is 6.04 Å². The first-order valence-corrected chi connectivity index (χ1v) is 5.48. The van der Waals surface area contributed by atoms with Gasteiger partial charge in [-0.05, 0) is 0 Å². The van der Waals surface area contributed by atoms with Gasteiger partial charge in [-0.2, -0.15) is 0 Å². The molecule has 0 aromatic carbocycles. The molecule has 15 heavy (non-hydrogen) atoms. The Labute approximate surface area is 88.7 Å². The van der Waals surface area contributed by atoms with Crippen LogP contribution in [0.4, 0.5) is 0 Å². The standard InChI is InChI=1S/C10H16N4O/c15-7-8-5-11-10(12-8)9-6-13-1-3-14(9)4-2-13/h5,9,15H,1-4,6-7H2,(H,11,12). The molecule has 0 radical (unpaired) electrons. The fourth-order valence-corrected chi connectivity index (χ4v) is 2.50. The van der Waals surface area contributed by atoms with Crippen molar-refractivity contribution in [3.05, 3.63) is 17.7 Å². The number of hydrogen-bond donors (Lipinski definition) is 2. The molecule has 1 aromatic rings. The van der Waals surface area contributed by atoms with Crippen molar-refractivity contribution in [1.82, 2.24) is 19.8 Å². The van der Waals surface area contributed by atoms with E-state index in [1.807, 2.05) is 0 Å². The summed E-state index contributed by atoms with van der Waals surface area (Å²) in [5.74, 6) is 1.00. The van der Waals surface area contributed by atoms with Gasteiger partial charge in [0.1, 0.15) is 5.82 Å². The molecule has 3 aliphatic heterocycles. The molecular formula is C10H16N4O. The van der Waals surface area contributed by atoms with Gasteiger partial charge in [0.15, 0.2) is 0 Å². The molecule has 82 valence electrons. The number of nitrogens with one attached hydrogen (secondary N) is 1. The first kappa shape index (κ1) is 9.33. The van der Waals surface area contributed by atoms with E-state index >= 15 is 0 Å². The van der Waals surface area contributed by atoms with Gasteiger partial charge in [-0.1, -0.05) is 0 Å². The lowest BCUT2D eigenvalue weighted by Gasteiger charge is -2.46. The van der Waals surface area contributed by atoms with Gasteiger partial charge >= 0.3 is 0 Å². The number of H-pyrrole nitrogens is 1. The van der Waals surface area contributed by atoms with Crippen molar-refractivity contribution >= 4 is 0 Å². The third kappa shape index (κ3) is 1.56. The molecule has 3 saturated heterocycles. The van der Waals surface area contributed by atoms with Gasteiger partial charge in [-0.3, -0.25) is 9.80 Å². The molecule has 2 bridgehead atoms. The van der Waals surface area contributed by atoms with Crippen LogP contribution in [0.2, 0.25) is 0 Å². The first-order valence-electron chi connectivity index (χ1n) is 5.48. The minimum atomic E-state index is 0.0451. The second kappa shape index (κ2) is 3.59. The van der Waals surface area contributed by atoms with Gasteiger partial charge in [-0.15, -0.1) is 0 Å². The van der Waals surface area contributed by atoms with Gasteiger partial charge < -0.3 is 10.1 Å². The van der Waals surface area contributed by atoms with Gasteiger partial charge in [0, 0.05) is 32.7 Å². The van der Waals surface area contributed by atoms with E-state index in [1.54, 1.807) is 6.20 Å². The van der Waals surface area contributed by atoms with Crippen molar-refractivity contribution in [2.75, 3.05) is 32.7 Å². The molecule has 5 heteroatoms. The Hall–Kier alpha value is -0.910. The first-order chi connectivity index (χ1) is 7.36. The maximum absolute atomic E-state index is 8.99. The zero-order chi connectivity index (χ0) is 10.3. The van der Waals surface area contributed by atoms with Crippen LogP contribution in [0.1, 0.15) is 17.6 Å². The van der Waals surface area contributed by atoms with Crippen molar-refractivity contribution in [1.29, 1.82) is 0 Å². The van der Waals surface area contributed by atoms with Crippen LogP contribution in [0, 0.1) is 0 Å². The molecule has 5 nitrogen and oxygen atoms in total. The number of hydrogen-bond acceptors (Lipinski definition) is 4. The SMILES string of the molecule is OCc1cnc(C2CN3CCN2CC3)[nH]1. The highest BCUT2D eigenvalue weighted by Crippen LogP contribution is 2.26. The van der Waals surface area contributed by atoms with E-state index in [4.69, 9.17) is 5.11 Å². The van der Waals surface area contributed by atoms with E-state index in [0.717, 1.165) is 31.2 Å². The summed E-state index contributed by atoms with van der Waals surface area (Å²) >= 11 is 0. The molecule has 3 aliphatic rings. The zero-order valence-electron chi connectivity index (χ0n) is 8.69. The third-order valence-corrected chi connectivity index (χ3v) is 3.41. The molecule has 1 aromatic heterocycles. The zero-order valence-corrected chi connectivity index (χ0v) is 8.69. The summed E-state index contributed by atoms with van der Waals surface area (Å²) in [6.07, 6.45) is 1.73. The lowest BCUT2D eigenvalue weighted by molar-refractivity contribution is 0.00891. The summed E-state index contributed by atoms with van der Waals surface area (Å²) < 4.78 is 0. The van der Waals surface area contributed by atoms with Crippen molar-refractivity contribution in [2.24, 2.45) is 0 Å². The van der Waals surface area contributed by atoms with Gasteiger partial charge in [-0.25, -0.2) is 4.98 Å². The highest BCUT2D eigenvalue weighted by Gasteiger charge is 2.34. The molecule has 4 heterocycles. The number of imidazole rings is 1. The molecule has 0 amide bonds. The topological polar surface area (TPSA) is 55.4 Å². The van der Waals surface area contributed by atoms with E-state index in [9.17, 15) is 0 Å². The summed E-state index contributed by atoms with van der Waals surface area (Å²) in [6, 6.07) is 0.396. The molecule has 0 saturated carbocycles. The number of aromatic nitrogens is 2. The Morgan fingerprint density at radius 1 is 1.40 bits per heavy atom. The highest BCUT2D eigenvalue weighted by molar-refractivity contribution is 5.07. The second-order valence-corrected chi connectivity index (χ2v) is 4.30. The van der Waals surface area contributed by atoms with Crippen LogP contribution in [0.5, 0.6) is 0 Å². The minimum absolute atomic E-state index is 0.0451. The lowest BCUT2D eigenvalue weighted by atomic mass is 10.1. The monoisotopic (exact) mass is 208 g/mol. The van der Waals surface area contributed by atoms with Gasteiger partial charge in [0.05, 0.1) is 24.5 Å². The summed E-state index contributed by atoms with van der Waals surface area (Å²) in [5, 5.41) is 8.99. The molecular weight excluding hydrogens is 192 g/mol. The fourth-order valence-electron chi connectivity index (χ4n) is 2.50. The number of fused-ring (bicyclic) bond motifs is 3. The summed E-state index contributed by atoms with van der Waals surface area (Å²) in [7, 11) is 0. The second-order valence-electron chi connectivity index (χ2n) is 4.30. The molecule has 1 atom stereocenters. The van der Waals surface area contributed by atoms with Crippen molar-refractivity contribution in [3.8, 4) is 0 Å². The van der Waals surface area contributed by atoms with E-state index < -0.39 is 0 Å². The average Bonchev–Trinajstić information content (AvgIpc) is 2.79. The van der Waals surface area contributed by atoms with Crippen LogP contribution in [0.25, 0.3) is 0 Å². The average molecular weight is 208 g/mol. The molecule has 3 fully saturated rings. The maximum Gasteiger partial charge on any atom is 0.125 e. The fraction of sp³-hybridized carbons (Fsp3) is 0.700. The Bertz CT molecular complexity index is 343. The number of aromatic amines is 1. The van der Waals surface area contributed by atoms with Crippen LogP contribution < -0.4 is 0 Å². The van der Waals surface area contributed by atoms with Crippen molar-refractivity contribution < 1.29 is 5.11 Å². The largest absolute Gasteiger partial charge is 0.390 e. The van der Waals surface area contributed by atoms with E-state index in [2.05, 4.69) is 19.8 Å². The van der Waals surface area contributed by atoms with Crippen molar-refractivity contribution in [2.45, 2.75) is 12.6 Å². The number of piperazine rings is 3. The molecule has 1 unspecified atom stereocenters. The summed E-state index contributed by atoms with van der Waals surface area (Å²) in [6.45, 7) is 5.76. The van der Waals surface area contributed by atoms with Crippen LogP contribution >= 0.6 is 0 Å². The number of nitrogens with zero attached hydrogens (tertiary/aromatic N) is 3. The quantitative estimate of drug-likeness (QED) is 0.693. The Balaban J connectivity index is 1.81. The number of rotatable bonds is 2.